The number of carbonyl (C=O) groups is 3. The summed E-state index contributed by atoms with van der Waals surface area (Å²) in [6.45, 7) is 9.04. The van der Waals surface area contributed by atoms with E-state index >= 15 is 0 Å². The third-order valence-electron chi connectivity index (χ3n) is 6.74. The molecule has 1 unspecified atom stereocenters. The molecule has 0 radical (unpaired) electrons. The highest BCUT2D eigenvalue weighted by Crippen LogP contribution is 2.23. The molecular weight excluding hydrogens is 454 g/mol. The number of likely N-dealkylation sites (tertiary alicyclic amines) is 1. The van der Waals surface area contributed by atoms with Gasteiger partial charge in [-0.15, -0.1) is 0 Å². The number of hydrogen-bond donors (Lipinski definition) is 3. The first-order valence-electron chi connectivity index (χ1n) is 13.0. The molecule has 3 rings (SSSR count). The summed E-state index contributed by atoms with van der Waals surface area (Å²) in [5.74, 6) is -0.0615. The minimum absolute atomic E-state index is 0.112. The molecule has 8 heteroatoms. The van der Waals surface area contributed by atoms with Crippen LogP contribution in [0.5, 0.6) is 0 Å². The molecule has 0 aromatic heterocycles. The van der Waals surface area contributed by atoms with Crippen molar-refractivity contribution in [2.75, 3.05) is 44.6 Å². The Morgan fingerprint density at radius 3 is 2.47 bits per heavy atom. The number of urea groups is 1. The number of rotatable bonds is 11. The number of benzene rings is 2. The molecule has 1 aliphatic rings. The van der Waals surface area contributed by atoms with E-state index in [0.717, 1.165) is 69.5 Å². The second-order valence-corrected chi connectivity index (χ2v) is 9.26. The predicted octanol–water partition coefficient (Wildman–Crippen LogP) is 3.93. The van der Waals surface area contributed by atoms with Crippen molar-refractivity contribution in [1.82, 2.24) is 15.1 Å². The van der Waals surface area contributed by atoms with Crippen molar-refractivity contribution >= 4 is 23.5 Å². The summed E-state index contributed by atoms with van der Waals surface area (Å²) in [5, 5.41) is 5.77. The third kappa shape index (κ3) is 7.81. The first-order chi connectivity index (χ1) is 17.4. The van der Waals surface area contributed by atoms with Crippen molar-refractivity contribution in [3.05, 3.63) is 54.1 Å². The second kappa shape index (κ2) is 13.6. The summed E-state index contributed by atoms with van der Waals surface area (Å²) < 4.78 is 0. The molecular formula is C28H39N5O3. The van der Waals surface area contributed by atoms with Crippen LogP contribution in [0.1, 0.15) is 49.9 Å². The molecule has 1 saturated heterocycles. The standard InChI is InChI=1S/C28H39N5O3/c1-3-33(4-2)27(35)24-11-8-18-32(20-24)17-6-5-16-30-28(36)31-25-14-12-21(13-15-25)22-9-7-10-23(19-22)26(29)34/h7,9-10,12-15,19,24H,3-6,8,11,16-18,20H2,1-2H3,(H2,29,34)(H2,30,31,36). The Bertz CT molecular complexity index is 1020. The van der Waals surface area contributed by atoms with Crippen LogP contribution in [-0.4, -0.2) is 66.9 Å². The average Bonchev–Trinajstić information content (AvgIpc) is 2.90. The highest BCUT2D eigenvalue weighted by Gasteiger charge is 2.27. The van der Waals surface area contributed by atoms with Crippen molar-refractivity contribution in [1.29, 1.82) is 0 Å². The molecule has 8 nitrogen and oxygen atoms in total. The van der Waals surface area contributed by atoms with Crippen LogP contribution in [0, 0.1) is 5.92 Å². The molecule has 0 saturated carbocycles. The quantitative estimate of drug-likeness (QED) is 0.412. The minimum Gasteiger partial charge on any atom is -0.366 e. The van der Waals surface area contributed by atoms with E-state index in [9.17, 15) is 14.4 Å². The van der Waals surface area contributed by atoms with E-state index in [1.54, 1.807) is 18.2 Å². The van der Waals surface area contributed by atoms with Crippen LogP contribution in [0.15, 0.2) is 48.5 Å². The summed E-state index contributed by atoms with van der Waals surface area (Å²) in [7, 11) is 0. The Labute approximate surface area is 214 Å². The van der Waals surface area contributed by atoms with E-state index < -0.39 is 5.91 Å². The predicted molar refractivity (Wildman–Crippen MR) is 144 cm³/mol. The molecule has 4 amide bonds. The molecule has 0 spiro atoms. The molecule has 194 valence electrons. The molecule has 1 fully saturated rings. The van der Waals surface area contributed by atoms with Crippen LogP contribution in [0.4, 0.5) is 10.5 Å². The summed E-state index contributed by atoms with van der Waals surface area (Å²) in [4.78, 5) is 40.6. The molecule has 2 aromatic rings. The minimum atomic E-state index is -0.461. The number of piperidine rings is 1. The van der Waals surface area contributed by atoms with E-state index in [1.807, 2.05) is 49.1 Å². The van der Waals surface area contributed by atoms with Crippen LogP contribution >= 0.6 is 0 Å². The van der Waals surface area contributed by atoms with Gasteiger partial charge in [0.2, 0.25) is 11.8 Å². The maximum absolute atomic E-state index is 12.7. The van der Waals surface area contributed by atoms with Crippen LogP contribution < -0.4 is 16.4 Å². The molecule has 2 aromatic carbocycles. The first kappa shape index (κ1) is 27.2. The van der Waals surface area contributed by atoms with E-state index in [0.29, 0.717) is 17.8 Å². The average molecular weight is 494 g/mol. The topological polar surface area (TPSA) is 108 Å². The number of nitrogens with zero attached hydrogens (tertiary/aromatic N) is 2. The van der Waals surface area contributed by atoms with Gasteiger partial charge in [0, 0.05) is 37.4 Å². The zero-order valence-electron chi connectivity index (χ0n) is 21.5. The Morgan fingerprint density at radius 1 is 1.03 bits per heavy atom. The fourth-order valence-electron chi connectivity index (χ4n) is 4.69. The highest BCUT2D eigenvalue weighted by atomic mass is 16.2. The zero-order chi connectivity index (χ0) is 25.9. The number of nitrogens with one attached hydrogen (secondary N) is 2. The van der Waals surface area contributed by atoms with Gasteiger partial charge in [-0.2, -0.15) is 0 Å². The number of primary amides is 1. The van der Waals surface area contributed by atoms with Gasteiger partial charge in [0.25, 0.3) is 0 Å². The van der Waals surface area contributed by atoms with Crippen LogP contribution in [0.25, 0.3) is 11.1 Å². The Morgan fingerprint density at radius 2 is 1.78 bits per heavy atom. The lowest BCUT2D eigenvalue weighted by molar-refractivity contribution is -0.137. The van der Waals surface area contributed by atoms with E-state index in [4.69, 9.17) is 5.73 Å². The van der Waals surface area contributed by atoms with Crippen molar-refractivity contribution in [3.8, 4) is 11.1 Å². The lowest BCUT2D eigenvalue weighted by Gasteiger charge is -2.34. The lowest BCUT2D eigenvalue weighted by atomic mass is 9.96. The van der Waals surface area contributed by atoms with Gasteiger partial charge in [0.15, 0.2) is 0 Å². The number of hydrogen-bond acceptors (Lipinski definition) is 4. The van der Waals surface area contributed by atoms with Gasteiger partial charge >= 0.3 is 6.03 Å². The molecule has 1 heterocycles. The highest BCUT2D eigenvalue weighted by molar-refractivity contribution is 5.94. The number of anilines is 1. The Balaban J connectivity index is 1.36. The maximum Gasteiger partial charge on any atom is 0.319 e. The number of unbranched alkanes of at least 4 members (excludes halogenated alkanes) is 1. The Hall–Kier alpha value is -3.39. The van der Waals surface area contributed by atoms with Crippen molar-refractivity contribution in [2.24, 2.45) is 11.7 Å². The van der Waals surface area contributed by atoms with E-state index in [2.05, 4.69) is 15.5 Å². The lowest BCUT2D eigenvalue weighted by Crippen LogP contribution is -2.45. The van der Waals surface area contributed by atoms with Crippen molar-refractivity contribution < 1.29 is 14.4 Å². The maximum atomic E-state index is 12.7. The summed E-state index contributed by atoms with van der Waals surface area (Å²) in [6.07, 6.45) is 3.90. The second-order valence-electron chi connectivity index (χ2n) is 9.26. The van der Waals surface area contributed by atoms with Crippen LogP contribution in [0.2, 0.25) is 0 Å². The summed E-state index contributed by atoms with van der Waals surface area (Å²) in [6, 6.07) is 14.4. The smallest absolute Gasteiger partial charge is 0.319 e. The number of carbonyl (C=O) groups excluding carboxylic acids is 3. The molecule has 1 aliphatic heterocycles. The number of amides is 4. The van der Waals surface area contributed by atoms with Crippen LogP contribution in [0.3, 0.4) is 0 Å². The fraction of sp³-hybridized carbons (Fsp3) is 0.464. The first-order valence-corrected chi connectivity index (χ1v) is 13.0. The van der Waals surface area contributed by atoms with Gasteiger partial charge in [0.05, 0.1) is 5.92 Å². The van der Waals surface area contributed by atoms with Gasteiger partial charge in [-0.25, -0.2) is 4.79 Å². The molecule has 4 N–H and O–H groups in total. The van der Waals surface area contributed by atoms with Gasteiger partial charge in [-0.05, 0) is 88.0 Å². The third-order valence-corrected chi connectivity index (χ3v) is 6.74. The van der Waals surface area contributed by atoms with Crippen molar-refractivity contribution in [2.45, 2.75) is 39.5 Å². The van der Waals surface area contributed by atoms with Gasteiger partial charge in [0.1, 0.15) is 0 Å². The van der Waals surface area contributed by atoms with Crippen molar-refractivity contribution in [3.63, 3.8) is 0 Å². The van der Waals surface area contributed by atoms with Gasteiger partial charge in [-0.3, -0.25) is 9.59 Å². The SMILES string of the molecule is CCN(CC)C(=O)C1CCCN(CCCCNC(=O)Nc2ccc(-c3cccc(C(N)=O)c3)cc2)C1. The molecule has 0 bridgehead atoms. The van der Waals surface area contributed by atoms with E-state index in [-0.39, 0.29) is 17.9 Å². The Kier molecular flexibility index (Phi) is 10.3. The van der Waals surface area contributed by atoms with Gasteiger partial charge in [-0.1, -0.05) is 24.3 Å². The summed E-state index contributed by atoms with van der Waals surface area (Å²) >= 11 is 0. The largest absolute Gasteiger partial charge is 0.366 e. The zero-order valence-corrected chi connectivity index (χ0v) is 21.5. The summed E-state index contributed by atoms with van der Waals surface area (Å²) in [5.41, 5.74) is 8.34. The molecule has 36 heavy (non-hydrogen) atoms. The van der Waals surface area contributed by atoms with Crippen LogP contribution in [-0.2, 0) is 4.79 Å². The molecule has 1 atom stereocenters. The molecule has 0 aliphatic carbocycles. The van der Waals surface area contributed by atoms with E-state index in [1.165, 1.54) is 0 Å². The normalized spacial score (nSPS) is 15.8. The number of nitrogens with two attached hydrogens (primary N) is 1. The monoisotopic (exact) mass is 493 g/mol. The van der Waals surface area contributed by atoms with Gasteiger partial charge < -0.3 is 26.2 Å². The fourth-order valence-corrected chi connectivity index (χ4v) is 4.69.